The molecule has 0 aliphatic rings. The number of nitriles is 1. The lowest BCUT2D eigenvalue weighted by Gasteiger charge is -2.00. The third-order valence-electron chi connectivity index (χ3n) is 2.49. The molecule has 1 aromatic carbocycles. The standard InChI is InChI=1S/C13H13ClN4O/c14-10-4-2-9(3-5-10)12-18-11(8-16)13(19-12)17-7-1-6-15/h2-5,17H,1,6-7,15H2. The lowest BCUT2D eigenvalue weighted by molar-refractivity contribution is 0.584. The Hall–Kier alpha value is -2.03. The third-order valence-corrected chi connectivity index (χ3v) is 2.74. The van der Waals surface area contributed by atoms with Crippen molar-refractivity contribution in [3.63, 3.8) is 0 Å². The minimum absolute atomic E-state index is 0.238. The predicted molar refractivity (Wildman–Crippen MR) is 73.8 cm³/mol. The second kappa shape index (κ2) is 6.23. The summed E-state index contributed by atoms with van der Waals surface area (Å²) in [5, 5.41) is 12.7. The number of hydrogen-bond acceptors (Lipinski definition) is 5. The van der Waals surface area contributed by atoms with Crippen molar-refractivity contribution in [2.24, 2.45) is 5.73 Å². The van der Waals surface area contributed by atoms with Crippen molar-refractivity contribution in [2.75, 3.05) is 18.4 Å². The molecule has 0 radical (unpaired) electrons. The number of aromatic nitrogens is 1. The summed E-state index contributed by atoms with van der Waals surface area (Å²) in [6.07, 6.45) is 0.793. The molecule has 0 bridgehead atoms. The van der Waals surface area contributed by atoms with E-state index in [0.29, 0.717) is 29.9 Å². The predicted octanol–water partition coefficient (Wildman–Crippen LogP) is 2.63. The van der Waals surface area contributed by atoms with Crippen LogP contribution in [0.2, 0.25) is 5.02 Å². The maximum atomic E-state index is 9.02. The van der Waals surface area contributed by atoms with Gasteiger partial charge in [0.15, 0.2) is 0 Å². The first kappa shape index (κ1) is 13.4. The summed E-state index contributed by atoms with van der Waals surface area (Å²) in [6.45, 7) is 1.22. The van der Waals surface area contributed by atoms with Gasteiger partial charge in [-0.2, -0.15) is 10.2 Å². The van der Waals surface area contributed by atoms with Gasteiger partial charge in [0.05, 0.1) is 0 Å². The molecule has 5 nitrogen and oxygen atoms in total. The molecule has 1 aromatic heterocycles. The van der Waals surface area contributed by atoms with Crippen LogP contribution < -0.4 is 11.1 Å². The van der Waals surface area contributed by atoms with Crippen molar-refractivity contribution in [3.05, 3.63) is 35.0 Å². The minimum Gasteiger partial charge on any atom is -0.419 e. The highest BCUT2D eigenvalue weighted by Gasteiger charge is 2.13. The molecule has 0 amide bonds. The lowest BCUT2D eigenvalue weighted by Crippen LogP contribution is -2.08. The fraction of sp³-hybridized carbons (Fsp3) is 0.231. The number of benzene rings is 1. The van der Waals surface area contributed by atoms with Gasteiger partial charge < -0.3 is 15.5 Å². The van der Waals surface area contributed by atoms with Gasteiger partial charge in [0.2, 0.25) is 17.5 Å². The molecular weight excluding hydrogens is 264 g/mol. The van der Waals surface area contributed by atoms with E-state index in [1.165, 1.54) is 0 Å². The fourth-order valence-electron chi connectivity index (χ4n) is 1.54. The molecule has 2 rings (SSSR count). The van der Waals surface area contributed by atoms with Crippen LogP contribution in [0.25, 0.3) is 11.5 Å². The van der Waals surface area contributed by atoms with Crippen LogP contribution in [0.1, 0.15) is 12.1 Å². The highest BCUT2D eigenvalue weighted by Crippen LogP contribution is 2.26. The van der Waals surface area contributed by atoms with E-state index < -0.39 is 0 Å². The van der Waals surface area contributed by atoms with Gasteiger partial charge in [0, 0.05) is 17.1 Å². The summed E-state index contributed by atoms with van der Waals surface area (Å²) in [6, 6.07) is 9.07. The fourth-order valence-corrected chi connectivity index (χ4v) is 1.66. The molecule has 0 fully saturated rings. The van der Waals surface area contributed by atoms with Crippen molar-refractivity contribution >= 4 is 17.5 Å². The number of halogens is 1. The molecule has 2 aromatic rings. The zero-order chi connectivity index (χ0) is 13.7. The van der Waals surface area contributed by atoms with Crippen LogP contribution >= 0.6 is 11.6 Å². The average Bonchev–Trinajstić information content (AvgIpc) is 2.83. The van der Waals surface area contributed by atoms with Crippen LogP contribution in [0, 0.1) is 11.3 Å². The maximum absolute atomic E-state index is 9.02. The van der Waals surface area contributed by atoms with Gasteiger partial charge in [0.25, 0.3) is 0 Å². The first-order chi connectivity index (χ1) is 9.24. The van der Waals surface area contributed by atoms with Gasteiger partial charge in [-0.15, -0.1) is 0 Å². The molecule has 6 heteroatoms. The van der Waals surface area contributed by atoms with Crippen molar-refractivity contribution < 1.29 is 4.42 Å². The van der Waals surface area contributed by atoms with Gasteiger partial charge in [-0.1, -0.05) is 11.6 Å². The minimum atomic E-state index is 0.238. The van der Waals surface area contributed by atoms with Gasteiger partial charge >= 0.3 is 0 Å². The van der Waals surface area contributed by atoms with Gasteiger partial charge in [0.1, 0.15) is 6.07 Å². The highest BCUT2D eigenvalue weighted by atomic mass is 35.5. The first-order valence-electron chi connectivity index (χ1n) is 5.85. The van der Waals surface area contributed by atoms with Gasteiger partial charge in [-0.3, -0.25) is 0 Å². The second-order valence-electron chi connectivity index (χ2n) is 3.88. The zero-order valence-electron chi connectivity index (χ0n) is 10.2. The molecule has 19 heavy (non-hydrogen) atoms. The molecule has 0 atom stereocenters. The van der Waals surface area contributed by atoms with Gasteiger partial charge in [-0.25, -0.2) is 0 Å². The number of nitrogens with two attached hydrogens (primary N) is 1. The van der Waals surface area contributed by atoms with Gasteiger partial charge in [-0.05, 0) is 37.2 Å². The molecule has 0 saturated heterocycles. The van der Waals surface area contributed by atoms with E-state index in [9.17, 15) is 0 Å². The Morgan fingerprint density at radius 1 is 1.37 bits per heavy atom. The molecule has 0 aliphatic heterocycles. The number of nitrogens with zero attached hydrogens (tertiary/aromatic N) is 2. The zero-order valence-corrected chi connectivity index (χ0v) is 10.9. The number of oxazole rings is 1. The first-order valence-corrected chi connectivity index (χ1v) is 6.23. The van der Waals surface area contributed by atoms with Crippen molar-refractivity contribution in [2.45, 2.75) is 6.42 Å². The molecule has 3 N–H and O–H groups in total. The summed E-state index contributed by atoms with van der Waals surface area (Å²) < 4.78 is 5.55. The van der Waals surface area contributed by atoms with Crippen LogP contribution in [-0.4, -0.2) is 18.1 Å². The Morgan fingerprint density at radius 2 is 2.11 bits per heavy atom. The van der Waals surface area contributed by atoms with E-state index in [1.807, 2.05) is 6.07 Å². The Morgan fingerprint density at radius 3 is 2.74 bits per heavy atom. The molecule has 0 saturated carbocycles. The number of anilines is 1. The quantitative estimate of drug-likeness (QED) is 0.820. The van der Waals surface area contributed by atoms with Crippen LogP contribution in [0.5, 0.6) is 0 Å². The monoisotopic (exact) mass is 276 g/mol. The summed E-state index contributed by atoms with van der Waals surface area (Å²) in [5.74, 6) is 0.768. The third kappa shape index (κ3) is 3.25. The highest BCUT2D eigenvalue weighted by molar-refractivity contribution is 6.30. The Bertz CT molecular complexity index is 586. The number of nitrogens with one attached hydrogen (secondary N) is 1. The maximum Gasteiger partial charge on any atom is 0.232 e. The van der Waals surface area contributed by atoms with Crippen LogP contribution in [-0.2, 0) is 0 Å². The molecule has 0 aliphatic carbocycles. The SMILES string of the molecule is N#Cc1nc(-c2ccc(Cl)cc2)oc1NCCCN. The lowest BCUT2D eigenvalue weighted by atomic mass is 10.2. The topological polar surface area (TPSA) is 87.9 Å². The van der Waals surface area contributed by atoms with E-state index >= 15 is 0 Å². The molecule has 1 heterocycles. The molecule has 0 spiro atoms. The van der Waals surface area contributed by atoms with Crippen molar-refractivity contribution in [3.8, 4) is 17.5 Å². The Kier molecular flexibility index (Phi) is 4.39. The van der Waals surface area contributed by atoms with E-state index in [0.717, 1.165) is 12.0 Å². The normalized spacial score (nSPS) is 10.2. The average molecular weight is 277 g/mol. The summed E-state index contributed by atoms with van der Waals surface area (Å²) in [7, 11) is 0. The Labute approximate surface area is 116 Å². The summed E-state index contributed by atoms with van der Waals surface area (Å²) in [5.41, 5.74) is 6.42. The second-order valence-corrected chi connectivity index (χ2v) is 4.32. The molecular formula is C13H13ClN4O. The van der Waals surface area contributed by atoms with Crippen LogP contribution in [0.4, 0.5) is 5.88 Å². The van der Waals surface area contributed by atoms with Crippen LogP contribution in [0.15, 0.2) is 28.7 Å². The summed E-state index contributed by atoms with van der Waals surface area (Å²) in [4.78, 5) is 4.14. The van der Waals surface area contributed by atoms with E-state index in [-0.39, 0.29) is 5.69 Å². The molecule has 0 unspecified atom stereocenters. The largest absolute Gasteiger partial charge is 0.419 e. The van der Waals surface area contributed by atoms with Crippen molar-refractivity contribution in [1.82, 2.24) is 4.98 Å². The van der Waals surface area contributed by atoms with E-state index in [2.05, 4.69) is 10.3 Å². The van der Waals surface area contributed by atoms with E-state index in [1.54, 1.807) is 24.3 Å². The number of hydrogen-bond donors (Lipinski definition) is 2. The summed E-state index contributed by atoms with van der Waals surface area (Å²) >= 11 is 5.82. The Balaban J connectivity index is 2.23. The smallest absolute Gasteiger partial charge is 0.232 e. The number of rotatable bonds is 5. The van der Waals surface area contributed by atoms with Crippen LogP contribution in [0.3, 0.4) is 0 Å². The van der Waals surface area contributed by atoms with E-state index in [4.69, 9.17) is 27.0 Å². The molecule has 98 valence electrons. The van der Waals surface area contributed by atoms with Crippen molar-refractivity contribution in [1.29, 1.82) is 5.26 Å².